The highest BCUT2D eigenvalue weighted by molar-refractivity contribution is 7.14. The lowest BCUT2D eigenvalue weighted by Gasteiger charge is -2.11. The number of para-hydroxylation sites is 1. The van der Waals surface area contributed by atoms with Gasteiger partial charge in [-0.15, -0.1) is 11.3 Å². The minimum atomic E-state index is -0.222. The highest BCUT2D eigenvalue weighted by atomic mass is 32.1. The summed E-state index contributed by atoms with van der Waals surface area (Å²) in [7, 11) is 0. The monoisotopic (exact) mass is 330 g/mol. The Bertz CT molecular complexity index is 714. The van der Waals surface area contributed by atoms with Crippen molar-refractivity contribution in [3.05, 3.63) is 50.7 Å². The predicted octanol–water partition coefficient (Wildman–Crippen LogP) is 3.60. The molecule has 4 nitrogen and oxygen atoms in total. The van der Waals surface area contributed by atoms with E-state index in [0.29, 0.717) is 4.88 Å². The van der Waals surface area contributed by atoms with Crippen LogP contribution in [0.1, 0.15) is 38.2 Å². The molecule has 122 valence electrons. The lowest BCUT2D eigenvalue weighted by molar-refractivity contribution is -0.115. The molecular weight excluding hydrogens is 308 g/mol. The van der Waals surface area contributed by atoms with Crippen LogP contribution in [0.15, 0.2) is 24.3 Å². The van der Waals surface area contributed by atoms with Gasteiger partial charge in [-0.25, -0.2) is 0 Å². The van der Waals surface area contributed by atoms with Gasteiger partial charge in [0.15, 0.2) is 0 Å². The topological polar surface area (TPSA) is 58.2 Å². The number of amides is 2. The van der Waals surface area contributed by atoms with Crippen molar-refractivity contribution in [3.8, 4) is 0 Å². The van der Waals surface area contributed by atoms with Gasteiger partial charge < -0.3 is 10.6 Å². The zero-order chi connectivity index (χ0) is 17.0. The smallest absolute Gasteiger partial charge is 0.261 e. The van der Waals surface area contributed by atoms with Crippen molar-refractivity contribution < 1.29 is 9.59 Å². The molecule has 0 atom stereocenters. The minimum Gasteiger partial charge on any atom is -0.342 e. The molecule has 1 aromatic heterocycles. The summed E-state index contributed by atoms with van der Waals surface area (Å²) in [5, 5.41) is 5.54. The number of carbonyl (C=O) groups excluding carboxylic acids is 2. The summed E-state index contributed by atoms with van der Waals surface area (Å²) in [6, 6.07) is 7.72. The van der Waals surface area contributed by atoms with Crippen LogP contribution in [-0.4, -0.2) is 18.4 Å². The first kappa shape index (κ1) is 17.2. The fourth-order valence-corrected chi connectivity index (χ4v) is 3.46. The largest absolute Gasteiger partial charge is 0.342 e. The summed E-state index contributed by atoms with van der Waals surface area (Å²) in [5.41, 5.74) is 3.95. The second kappa shape index (κ2) is 7.42. The molecule has 0 aliphatic carbocycles. The quantitative estimate of drug-likeness (QED) is 0.880. The third-order valence-electron chi connectivity index (χ3n) is 3.72. The second-order valence-corrected chi connectivity index (χ2v) is 6.70. The fraction of sp³-hybridized carbons (Fsp3) is 0.333. The van der Waals surface area contributed by atoms with Gasteiger partial charge in [0.1, 0.15) is 0 Å². The molecule has 2 N–H and O–H groups in total. The second-order valence-electron chi connectivity index (χ2n) is 5.57. The van der Waals surface area contributed by atoms with Crippen LogP contribution in [0.4, 0.5) is 5.69 Å². The first-order valence-electron chi connectivity index (χ1n) is 7.66. The van der Waals surface area contributed by atoms with Crippen molar-refractivity contribution in [2.75, 3.05) is 11.9 Å². The standard InChI is InChI=1S/C18H22N2O2S/c1-5-14-13(4)9-15(23-14)18(22)19-10-16(21)20-17-11(2)7-6-8-12(17)3/h6-9H,5,10H2,1-4H3,(H,19,22)(H,20,21). The minimum absolute atomic E-state index is 0.0367. The van der Waals surface area contributed by atoms with Gasteiger partial charge in [-0.05, 0) is 49.9 Å². The Morgan fingerprint density at radius 3 is 2.30 bits per heavy atom. The summed E-state index contributed by atoms with van der Waals surface area (Å²) in [5.74, 6) is -0.422. The van der Waals surface area contributed by atoms with E-state index in [4.69, 9.17) is 0 Å². The van der Waals surface area contributed by atoms with E-state index < -0.39 is 0 Å². The average Bonchev–Trinajstić information content (AvgIpc) is 2.90. The van der Waals surface area contributed by atoms with Crippen molar-refractivity contribution in [2.45, 2.75) is 34.1 Å². The molecule has 2 aromatic rings. The third kappa shape index (κ3) is 4.20. The van der Waals surface area contributed by atoms with Gasteiger partial charge in [0.25, 0.3) is 5.91 Å². The van der Waals surface area contributed by atoms with Crippen molar-refractivity contribution >= 4 is 28.8 Å². The number of nitrogens with one attached hydrogen (secondary N) is 2. The molecule has 2 amide bonds. The lowest BCUT2D eigenvalue weighted by atomic mass is 10.1. The van der Waals surface area contributed by atoms with E-state index in [1.54, 1.807) is 0 Å². The molecule has 0 bridgehead atoms. The van der Waals surface area contributed by atoms with Crippen molar-refractivity contribution in [1.82, 2.24) is 5.32 Å². The molecule has 0 aliphatic heterocycles. The normalized spacial score (nSPS) is 10.4. The molecule has 0 fully saturated rings. The summed E-state index contributed by atoms with van der Waals surface area (Å²) < 4.78 is 0. The Kier molecular flexibility index (Phi) is 5.55. The fourth-order valence-electron chi connectivity index (χ4n) is 2.43. The van der Waals surface area contributed by atoms with Gasteiger partial charge in [-0.1, -0.05) is 25.1 Å². The van der Waals surface area contributed by atoms with Crippen LogP contribution in [0, 0.1) is 20.8 Å². The molecule has 0 aliphatic rings. The molecule has 2 rings (SSSR count). The molecule has 0 radical (unpaired) electrons. The van der Waals surface area contributed by atoms with E-state index in [0.717, 1.165) is 28.8 Å². The highest BCUT2D eigenvalue weighted by Crippen LogP contribution is 2.22. The number of rotatable bonds is 5. The van der Waals surface area contributed by atoms with Gasteiger partial charge in [0, 0.05) is 10.6 Å². The number of benzene rings is 1. The van der Waals surface area contributed by atoms with E-state index in [9.17, 15) is 9.59 Å². The van der Waals surface area contributed by atoms with Crippen LogP contribution < -0.4 is 10.6 Å². The molecule has 5 heteroatoms. The maximum Gasteiger partial charge on any atom is 0.261 e. The van der Waals surface area contributed by atoms with Gasteiger partial charge in [-0.2, -0.15) is 0 Å². The Labute approximate surface area is 140 Å². The van der Waals surface area contributed by atoms with E-state index >= 15 is 0 Å². The van der Waals surface area contributed by atoms with Crippen molar-refractivity contribution in [2.24, 2.45) is 0 Å². The Hall–Kier alpha value is -2.14. The summed E-state index contributed by atoms with van der Waals surface area (Å²) in [6.45, 7) is 7.92. The third-order valence-corrected chi connectivity index (χ3v) is 5.10. The number of anilines is 1. The number of thiophene rings is 1. The maximum atomic E-state index is 12.1. The van der Waals surface area contributed by atoms with E-state index in [-0.39, 0.29) is 18.4 Å². The predicted molar refractivity (Wildman–Crippen MR) is 95.3 cm³/mol. The molecule has 0 saturated carbocycles. The van der Waals surface area contributed by atoms with Crippen LogP contribution in [0.2, 0.25) is 0 Å². The molecular formula is C18H22N2O2S. The average molecular weight is 330 g/mol. The lowest BCUT2D eigenvalue weighted by Crippen LogP contribution is -2.32. The van der Waals surface area contributed by atoms with Crippen LogP contribution in [-0.2, 0) is 11.2 Å². The van der Waals surface area contributed by atoms with E-state index in [1.807, 2.05) is 45.0 Å². The van der Waals surface area contributed by atoms with Crippen molar-refractivity contribution in [1.29, 1.82) is 0 Å². The Morgan fingerprint density at radius 2 is 1.74 bits per heavy atom. The molecule has 23 heavy (non-hydrogen) atoms. The Morgan fingerprint density at radius 1 is 1.09 bits per heavy atom. The molecule has 0 unspecified atom stereocenters. The number of hydrogen-bond donors (Lipinski definition) is 2. The first-order valence-corrected chi connectivity index (χ1v) is 8.47. The summed E-state index contributed by atoms with van der Waals surface area (Å²) in [6.07, 6.45) is 0.914. The molecule has 1 aromatic carbocycles. The maximum absolute atomic E-state index is 12.1. The van der Waals surface area contributed by atoms with Crippen LogP contribution in [0.3, 0.4) is 0 Å². The summed E-state index contributed by atoms with van der Waals surface area (Å²) in [4.78, 5) is 26.1. The summed E-state index contributed by atoms with van der Waals surface area (Å²) >= 11 is 1.48. The van der Waals surface area contributed by atoms with Gasteiger partial charge in [0.2, 0.25) is 5.91 Å². The van der Waals surface area contributed by atoms with Crippen LogP contribution >= 0.6 is 11.3 Å². The first-order chi connectivity index (χ1) is 10.9. The zero-order valence-corrected chi connectivity index (χ0v) is 14.8. The zero-order valence-electron chi connectivity index (χ0n) is 13.9. The SMILES string of the molecule is CCc1sc(C(=O)NCC(=O)Nc2c(C)cccc2C)cc1C. The van der Waals surface area contributed by atoms with Gasteiger partial charge in [0.05, 0.1) is 11.4 Å². The van der Waals surface area contributed by atoms with Gasteiger partial charge in [-0.3, -0.25) is 9.59 Å². The number of aryl methyl sites for hydroxylation is 4. The Balaban J connectivity index is 1.95. The van der Waals surface area contributed by atoms with Crippen LogP contribution in [0.5, 0.6) is 0 Å². The van der Waals surface area contributed by atoms with Crippen LogP contribution in [0.25, 0.3) is 0 Å². The molecule has 1 heterocycles. The van der Waals surface area contributed by atoms with E-state index in [2.05, 4.69) is 17.6 Å². The highest BCUT2D eigenvalue weighted by Gasteiger charge is 2.13. The number of hydrogen-bond acceptors (Lipinski definition) is 3. The van der Waals surface area contributed by atoms with Gasteiger partial charge >= 0.3 is 0 Å². The molecule has 0 spiro atoms. The van der Waals surface area contributed by atoms with Crippen molar-refractivity contribution in [3.63, 3.8) is 0 Å². The van der Waals surface area contributed by atoms with E-state index in [1.165, 1.54) is 16.2 Å². The molecule has 0 saturated heterocycles. The number of carbonyl (C=O) groups is 2.